The molecule has 1 saturated carbocycles. The first-order chi connectivity index (χ1) is 10.8. The molecule has 1 saturated heterocycles. The number of likely N-dealkylation sites (tertiary alicyclic amines) is 1. The molecule has 1 aliphatic heterocycles. The van der Waals surface area contributed by atoms with Gasteiger partial charge in [0, 0.05) is 30.3 Å². The Balaban J connectivity index is 1.56. The summed E-state index contributed by atoms with van der Waals surface area (Å²) in [6.45, 7) is 5.93. The van der Waals surface area contributed by atoms with Gasteiger partial charge in [0.05, 0.1) is 6.20 Å². The number of aromatic nitrogens is 2. The Hall–Kier alpha value is -1.61. The molecule has 0 radical (unpaired) electrons. The Morgan fingerprint density at radius 1 is 1.27 bits per heavy atom. The van der Waals surface area contributed by atoms with Gasteiger partial charge in [0.15, 0.2) is 0 Å². The zero-order valence-corrected chi connectivity index (χ0v) is 13.4. The first-order valence-electron chi connectivity index (χ1n) is 8.62. The van der Waals surface area contributed by atoms with E-state index in [1.54, 1.807) is 0 Å². The van der Waals surface area contributed by atoms with Crippen molar-refractivity contribution in [3.8, 4) is 11.1 Å². The third-order valence-electron chi connectivity index (χ3n) is 5.12. The highest BCUT2D eigenvalue weighted by atomic mass is 15.2. The Morgan fingerprint density at radius 3 is 3.00 bits per heavy atom. The van der Waals surface area contributed by atoms with Crippen LogP contribution in [0.4, 0.5) is 0 Å². The number of H-pyrrole nitrogens is 1. The van der Waals surface area contributed by atoms with E-state index in [0.29, 0.717) is 5.92 Å². The van der Waals surface area contributed by atoms with E-state index >= 15 is 0 Å². The lowest BCUT2D eigenvalue weighted by Crippen LogP contribution is -2.36. The van der Waals surface area contributed by atoms with E-state index in [1.807, 2.05) is 6.20 Å². The zero-order chi connectivity index (χ0) is 14.9. The second-order valence-corrected chi connectivity index (χ2v) is 7.11. The maximum absolute atomic E-state index is 4.36. The molecule has 22 heavy (non-hydrogen) atoms. The van der Waals surface area contributed by atoms with E-state index < -0.39 is 0 Å². The first kappa shape index (κ1) is 14.0. The minimum atomic E-state index is 0.602. The fourth-order valence-electron chi connectivity index (χ4n) is 3.77. The topological polar surface area (TPSA) is 31.9 Å². The van der Waals surface area contributed by atoms with Crippen molar-refractivity contribution in [1.29, 1.82) is 0 Å². The second kappa shape index (κ2) is 5.88. The molecule has 2 aliphatic rings. The quantitative estimate of drug-likeness (QED) is 0.925. The summed E-state index contributed by atoms with van der Waals surface area (Å²) >= 11 is 0. The van der Waals surface area contributed by atoms with Gasteiger partial charge in [-0.3, -0.25) is 5.10 Å². The Kier molecular flexibility index (Phi) is 3.75. The van der Waals surface area contributed by atoms with E-state index in [4.69, 9.17) is 0 Å². The lowest BCUT2D eigenvalue weighted by Gasteiger charge is -2.32. The highest BCUT2D eigenvalue weighted by Crippen LogP contribution is 2.35. The van der Waals surface area contributed by atoms with Gasteiger partial charge in [-0.25, -0.2) is 0 Å². The van der Waals surface area contributed by atoms with E-state index in [0.717, 1.165) is 5.92 Å². The van der Waals surface area contributed by atoms with Crippen LogP contribution in [-0.4, -0.2) is 34.7 Å². The molecule has 1 unspecified atom stereocenters. The van der Waals surface area contributed by atoms with Crippen molar-refractivity contribution in [1.82, 2.24) is 15.1 Å². The largest absolute Gasteiger partial charge is 0.302 e. The molecule has 0 bridgehead atoms. The van der Waals surface area contributed by atoms with Gasteiger partial charge in [0.1, 0.15) is 0 Å². The summed E-state index contributed by atoms with van der Waals surface area (Å²) in [5, 5.41) is 7.66. The minimum absolute atomic E-state index is 0.602. The zero-order valence-electron chi connectivity index (χ0n) is 13.4. The molecule has 4 rings (SSSR count). The highest BCUT2D eigenvalue weighted by molar-refractivity contribution is 5.66. The highest BCUT2D eigenvalue weighted by Gasteiger charge is 2.29. The van der Waals surface area contributed by atoms with Crippen molar-refractivity contribution < 1.29 is 0 Å². The van der Waals surface area contributed by atoms with Crippen molar-refractivity contribution in [2.24, 2.45) is 5.92 Å². The molecule has 0 spiro atoms. The number of nitrogens with one attached hydrogen (secondary N) is 1. The van der Waals surface area contributed by atoms with Crippen LogP contribution in [0.25, 0.3) is 11.1 Å². The molecule has 1 atom stereocenters. The maximum atomic E-state index is 4.36. The van der Waals surface area contributed by atoms with Crippen LogP contribution in [0.3, 0.4) is 0 Å². The van der Waals surface area contributed by atoms with Crippen molar-refractivity contribution in [2.75, 3.05) is 19.6 Å². The van der Waals surface area contributed by atoms with E-state index in [9.17, 15) is 0 Å². The van der Waals surface area contributed by atoms with Gasteiger partial charge in [0.25, 0.3) is 0 Å². The number of benzene rings is 1. The molecule has 0 amide bonds. The van der Waals surface area contributed by atoms with Gasteiger partial charge in [-0.15, -0.1) is 0 Å². The predicted octanol–water partition coefficient (Wildman–Crippen LogP) is 3.97. The fourth-order valence-corrected chi connectivity index (χ4v) is 3.77. The predicted molar refractivity (Wildman–Crippen MR) is 89.9 cm³/mol. The summed E-state index contributed by atoms with van der Waals surface area (Å²) in [5.41, 5.74) is 5.24. The minimum Gasteiger partial charge on any atom is -0.302 e. The number of piperidine rings is 1. The van der Waals surface area contributed by atoms with Crippen LogP contribution in [0, 0.1) is 12.8 Å². The Labute approximate surface area is 132 Å². The van der Waals surface area contributed by atoms with Gasteiger partial charge in [-0.2, -0.15) is 5.10 Å². The van der Waals surface area contributed by atoms with Crippen molar-refractivity contribution in [3.63, 3.8) is 0 Å². The third-order valence-corrected chi connectivity index (χ3v) is 5.12. The summed E-state index contributed by atoms with van der Waals surface area (Å²) in [6.07, 6.45) is 7.48. The molecule has 2 aromatic rings. The third kappa shape index (κ3) is 2.95. The van der Waals surface area contributed by atoms with Gasteiger partial charge in [-0.1, -0.05) is 29.8 Å². The molecule has 1 N–H and O–H groups in total. The van der Waals surface area contributed by atoms with Crippen molar-refractivity contribution >= 4 is 0 Å². The van der Waals surface area contributed by atoms with E-state index in [-0.39, 0.29) is 0 Å². The lowest BCUT2D eigenvalue weighted by atomic mass is 9.90. The lowest BCUT2D eigenvalue weighted by molar-refractivity contribution is 0.199. The summed E-state index contributed by atoms with van der Waals surface area (Å²) < 4.78 is 0. The van der Waals surface area contributed by atoms with Crippen LogP contribution in [0.1, 0.15) is 42.9 Å². The van der Waals surface area contributed by atoms with E-state index in [1.165, 1.54) is 67.7 Å². The molecule has 2 fully saturated rings. The molecule has 1 aromatic heterocycles. The van der Waals surface area contributed by atoms with E-state index in [2.05, 4.69) is 46.3 Å². The van der Waals surface area contributed by atoms with Crippen LogP contribution in [0.2, 0.25) is 0 Å². The van der Waals surface area contributed by atoms with Crippen LogP contribution in [0.5, 0.6) is 0 Å². The van der Waals surface area contributed by atoms with Gasteiger partial charge < -0.3 is 4.90 Å². The SMILES string of the molecule is Cc1cccc(-c2cn[nH]c2C2CCCN(CC3CC3)C2)c1. The van der Waals surface area contributed by atoms with Gasteiger partial charge >= 0.3 is 0 Å². The fraction of sp³-hybridized carbons (Fsp3) is 0.526. The van der Waals surface area contributed by atoms with Crippen molar-refractivity contribution in [2.45, 2.75) is 38.5 Å². The summed E-state index contributed by atoms with van der Waals surface area (Å²) in [7, 11) is 0. The molecule has 1 aliphatic carbocycles. The molecule has 3 nitrogen and oxygen atoms in total. The van der Waals surface area contributed by atoms with Crippen LogP contribution < -0.4 is 0 Å². The molecular formula is C19H25N3. The molecule has 116 valence electrons. The molecular weight excluding hydrogens is 270 g/mol. The standard InChI is InChI=1S/C19H25N3/c1-14-4-2-5-16(10-14)18-11-20-21-19(18)17-6-3-9-22(13-17)12-15-7-8-15/h2,4-5,10-11,15,17H,3,6-9,12-13H2,1H3,(H,20,21). The number of rotatable bonds is 4. The number of hydrogen-bond donors (Lipinski definition) is 1. The maximum Gasteiger partial charge on any atom is 0.0568 e. The first-order valence-corrected chi connectivity index (χ1v) is 8.62. The molecule has 2 heterocycles. The summed E-state index contributed by atoms with van der Waals surface area (Å²) in [6, 6.07) is 8.76. The van der Waals surface area contributed by atoms with Crippen LogP contribution in [0.15, 0.2) is 30.5 Å². The summed E-state index contributed by atoms with van der Waals surface area (Å²) in [4.78, 5) is 2.67. The Morgan fingerprint density at radius 2 is 2.18 bits per heavy atom. The van der Waals surface area contributed by atoms with Gasteiger partial charge in [-0.05, 0) is 50.6 Å². The number of hydrogen-bond acceptors (Lipinski definition) is 2. The van der Waals surface area contributed by atoms with Gasteiger partial charge in [0.2, 0.25) is 0 Å². The average molecular weight is 295 g/mol. The smallest absolute Gasteiger partial charge is 0.0568 e. The monoisotopic (exact) mass is 295 g/mol. The molecule has 1 aromatic carbocycles. The normalized spacial score (nSPS) is 22.9. The van der Waals surface area contributed by atoms with Crippen LogP contribution in [-0.2, 0) is 0 Å². The number of aryl methyl sites for hydroxylation is 1. The second-order valence-electron chi connectivity index (χ2n) is 7.11. The Bertz CT molecular complexity index is 642. The summed E-state index contributed by atoms with van der Waals surface area (Å²) in [5.74, 6) is 1.59. The van der Waals surface area contributed by atoms with Crippen LogP contribution >= 0.6 is 0 Å². The van der Waals surface area contributed by atoms with Crippen molar-refractivity contribution in [3.05, 3.63) is 41.7 Å². The average Bonchev–Trinajstić information content (AvgIpc) is 3.20. The number of aromatic amines is 1. The molecule has 3 heteroatoms. The number of nitrogens with zero attached hydrogens (tertiary/aromatic N) is 2.